The van der Waals surface area contributed by atoms with Gasteiger partial charge in [0, 0.05) is 18.0 Å². The van der Waals surface area contributed by atoms with Crippen molar-refractivity contribution in [3.63, 3.8) is 0 Å². The molecule has 1 aromatic carbocycles. The fraction of sp³-hybridized carbons (Fsp3) is 0.357. The molecule has 2 aromatic rings. The molecule has 0 bridgehead atoms. The van der Waals surface area contributed by atoms with Gasteiger partial charge >= 0.3 is 0 Å². The Morgan fingerprint density at radius 1 is 1.28 bits per heavy atom. The SMILES string of the molecule is CC(C)n1nc(CCN)cc1-c1ccc(F)cc1. The molecule has 0 aliphatic carbocycles. The van der Waals surface area contributed by atoms with Gasteiger partial charge in [-0.25, -0.2) is 4.39 Å². The van der Waals surface area contributed by atoms with Gasteiger partial charge in [0.25, 0.3) is 0 Å². The van der Waals surface area contributed by atoms with Gasteiger partial charge in [-0.05, 0) is 50.7 Å². The van der Waals surface area contributed by atoms with E-state index in [1.807, 2.05) is 10.7 Å². The van der Waals surface area contributed by atoms with Crippen molar-refractivity contribution in [2.75, 3.05) is 6.54 Å². The molecule has 3 nitrogen and oxygen atoms in total. The lowest BCUT2D eigenvalue weighted by Gasteiger charge is -2.10. The molecular weight excluding hydrogens is 229 g/mol. The van der Waals surface area contributed by atoms with Crippen molar-refractivity contribution in [1.29, 1.82) is 0 Å². The van der Waals surface area contributed by atoms with Crippen molar-refractivity contribution in [2.24, 2.45) is 5.73 Å². The lowest BCUT2D eigenvalue weighted by atomic mass is 10.1. The summed E-state index contributed by atoms with van der Waals surface area (Å²) in [6.07, 6.45) is 0.758. The third-order valence-corrected chi connectivity index (χ3v) is 2.82. The van der Waals surface area contributed by atoms with Crippen molar-refractivity contribution < 1.29 is 4.39 Å². The molecule has 18 heavy (non-hydrogen) atoms. The fourth-order valence-electron chi connectivity index (χ4n) is 1.95. The average molecular weight is 247 g/mol. The predicted molar refractivity (Wildman–Crippen MR) is 70.8 cm³/mol. The van der Waals surface area contributed by atoms with E-state index in [4.69, 9.17) is 5.73 Å². The van der Waals surface area contributed by atoms with E-state index < -0.39 is 0 Å². The summed E-state index contributed by atoms with van der Waals surface area (Å²) < 4.78 is 14.9. The summed E-state index contributed by atoms with van der Waals surface area (Å²) in [6.45, 7) is 4.73. The van der Waals surface area contributed by atoms with E-state index in [9.17, 15) is 4.39 Å². The van der Waals surface area contributed by atoms with Gasteiger partial charge in [0.05, 0.1) is 11.4 Å². The van der Waals surface area contributed by atoms with E-state index in [2.05, 4.69) is 18.9 Å². The minimum Gasteiger partial charge on any atom is -0.330 e. The van der Waals surface area contributed by atoms with Gasteiger partial charge in [0.2, 0.25) is 0 Å². The quantitative estimate of drug-likeness (QED) is 0.902. The van der Waals surface area contributed by atoms with Gasteiger partial charge in [0.1, 0.15) is 5.82 Å². The minimum atomic E-state index is -0.225. The highest BCUT2D eigenvalue weighted by atomic mass is 19.1. The van der Waals surface area contributed by atoms with Crippen molar-refractivity contribution in [1.82, 2.24) is 9.78 Å². The van der Waals surface area contributed by atoms with Crippen LogP contribution in [0.4, 0.5) is 4.39 Å². The first-order chi connectivity index (χ1) is 8.61. The van der Waals surface area contributed by atoms with Crippen LogP contribution < -0.4 is 5.73 Å². The molecular formula is C14H18FN3. The lowest BCUT2D eigenvalue weighted by molar-refractivity contribution is 0.532. The summed E-state index contributed by atoms with van der Waals surface area (Å²) in [4.78, 5) is 0. The molecule has 0 atom stereocenters. The first kappa shape index (κ1) is 12.8. The zero-order valence-electron chi connectivity index (χ0n) is 10.7. The van der Waals surface area contributed by atoms with Crippen LogP contribution in [0.25, 0.3) is 11.3 Å². The Hall–Kier alpha value is -1.68. The first-order valence-corrected chi connectivity index (χ1v) is 6.16. The van der Waals surface area contributed by atoms with Gasteiger partial charge in [0.15, 0.2) is 0 Å². The Balaban J connectivity index is 2.44. The third kappa shape index (κ3) is 2.59. The van der Waals surface area contributed by atoms with E-state index in [0.29, 0.717) is 6.54 Å². The molecule has 0 saturated heterocycles. The monoisotopic (exact) mass is 247 g/mol. The van der Waals surface area contributed by atoms with E-state index in [1.165, 1.54) is 12.1 Å². The molecule has 0 aliphatic rings. The third-order valence-electron chi connectivity index (χ3n) is 2.82. The van der Waals surface area contributed by atoms with Gasteiger partial charge in [-0.3, -0.25) is 4.68 Å². The van der Waals surface area contributed by atoms with Crippen LogP contribution in [0.15, 0.2) is 30.3 Å². The lowest BCUT2D eigenvalue weighted by Crippen LogP contribution is -2.07. The first-order valence-electron chi connectivity index (χ1n) is 6.16. The van der Waals surface area contributed by atoms with E-state index in [1.54, 1.807) is 12.1 Å². The molecule has 4 heteroatoms. The van der Waals surface area contributed by atoms with E-state index in [0.717, 1.165) is 23.4 Å². The van der Waals surface area contributed by atoms with Crippen molar-refractivity contribution >= 4 is 0 Å². The van der Waals surface area contributed by atoms with Crippen LogP contribution in [0.2, 0.25) is 0 Å². The molecule has 0 saturated carbocycles. The molecule has 0 radical (unpaired) electrons. The van der Waals surface area contributed by atoms with Crippen LogP contribution in [0, 0.1) is 5.82 Å². The molecule has 0 unspecified atom stereocenters. The maximum atomic E-state index is 12.9. The zero-order chi connectivity index (χ0) is 13.1. The van der Waals surface area contributed by atoms with Crippen LogP contribution in [-0.2, 0) is 6.42 Å². The Morgan fingerprint density at radius 3 is 2.50 bits per heavy atom. The molecule has 0 aliphatic heterocycles. The van der Waals surface area contributed by atoms with Gasteiger partial charge in [-0.2, -0.15) is 5.10 Å². The number of aromatic nitrogens is 2. The second-order valence-electron chi connectivity index (χ2n) is 4.60. The zero-order valence-corrected chi connectivity index (χ0v) is 10.7. The topological polar surface area (TPSA) is 43.8 Å². The number of halogens is 1. The Labute approximate surface area is 106 Å². The normalized spacial score (nSPS) is 11.2. The molecule has 2 N–H and O–H groups in total. The molecule has 0 spiro atoms. The van der Waals surface area contributed by atoms with Crippen LogP contribution in [0.1, 0.15) is 25.6 Å². The maximum Gasteiger partial charge on any atom is 0.123 e. The summed E-state index contributed by atoms with van der Waals surface area (Å²) in [5.74, 6) is -0.225. The van der Waals surface area contributed by atoms with E-state index in [-0.39, 0.29) is 11.9 Å². The fourth-order valence-corrected chi connectivity index (χ4v) is 1.95. The Morgan fingerprint density at radius 2 is 1.94 bits per heavy atom. The molecule has 0 fully saturated rings. The number of nitrogens with zero attached hydrogens (tertiary/aromatic N) is 2. The highest BCUT2D eigenvalue weighted by molar-refractivity contribution is 5.60. The van der Waals surface area contributed by atoms with Crippen LogP contribution in [-0.4, -0.2) is 16.3 Å². The molecule has 1 aromatic heterocycles. The Bertz CT molecular complexity index is 514. The smallest absolute Gasteiger partial charge is 0.123 e. The minimum absolute atomic E-state index is 0.225. The second-order valence-corrected chi connectivity index (χ2v) is 4.60. The summed E-state index contributed by atoms with van der Waals surface area (Å²) in [5.41, 5.74) is 8.51. The number of rotatable bonds is 4. The van der Waals surface area contributed by atoms with Crippen molar-refractivity contribution in [3.05, 3.63) is 41.8 Å². The summed E-state index contributed by atoms with van der Waals surface area (Å²) in [7, 11) is 0. The molecule has 96 valence electrons. The summed E-state index contributed by atoms with van der Waals surface area (Å²) >= 11 is 0. The second kappa shape index (κ2) is 5.31. The predicted octanol–water partition coefficient (Wildman–Crippen LogP) is 2.77. The Kier molecular flexibility index (Phi) is 3.77. The highest BCUT2D eigenvalue weighted by Gasteiger charge is 2.12. The van der Waals surface area contributed by atoms with Crippen LogP contribution in [0.5, 0.6) is 0 Å². The van der Waals surface area contributed by atoms with Gasteiger partial charge < -0.3 is 5.73 Å². The standard InChI is InChI=1S/C14H18FN3/c1-10(2)18-14(9-13(17-18)7-8-16)11-3-5-12(15)6-4-11/h3-6,9-10H,7-8,16H2,1-2H3. The van der Waals surface area contributed by atoms with Crippen molar-refractivity contribution in [3.8, 4) is 11.3 Å². The average Bonchev–Trinajstić information content (AvgIpc) is 2.75. The van der Waals surface area contributed by atoms with E-state index >= 15 is 0 Å². The summed E-state index contributed by atoms with van der Waals surface area (Å²) in [5, 5.41) is 4.54. The van der Waals surface area contributed by atoms with Crippen LogP contribution >= 0.6 is 0 Å². The largest absolute Gasteiger partial charge is 0.330 e. The number of benzene rings is 1. The molecule has 1 heterocycles. The molecule has 2 rings (SSSR count). The number of nitrogens with two attached hydrogens (primary N) is 1. The molecule has 0 amide bonds. The van der Waals surface area contributed by atoms with Crippen molar-refractivity contribution in [2.45, 2.75) is 26.3 Å². The highest BCUT2D eigenvalue weighted by Crippen LogP contribution is 2.24. The van der Waals surface area contributed by atoms with Crippen LogP contribution in [0.3, 0.4) is 0 Å². The maximum absolute atomic E-state index is 12.9. The summed E-state index contributed by atoms with van der Waals surface area (Å²) in [6, 6.07) is 8.77. The van der Waals surface area contributed by atoms with Gasteiger partial charge in [-0.1, -0.05) is 0 Å². The van der Waals surface area contributed by atoms with Gasteiger partial charge in [-0.15, -0.1) is 0 Å². The number of hydrogen-bond acceptors (Lipinski definition) is 2. The number of hydrogen-bond donors (Lipinski definition) is 1.